The molecule has 1 aliphatic heterocycles. The predicted octanol–water partition coefficient (Wildman–Crippen LogP) is 6.56. The molecule has 9 nitrogen and oxygen atoms in total. The number of rotatable bonds is 13. The van der Waals surface area contributed by atoms with Crippen molar-refractivity contribution < 1.29 is 28.4 Å². The van der Waals surface area contributed by atoms with E-state index in [1.807, 2.05) is 30.5 Å². The molecule has 2 heterocycles. The van der Waals surface area contributed by atoms with Gasteiger partial charge in [-0.1, -0.05) is 18.2 Å². The Bertz CT molecular complexity index is 1570. The number of likely N-dealkylation sites (tertiary alicyclic amines) is 1. The zero-order valence-corrected chi connectivity index (χ0v) is 28.0. The molecular weight excluding hydrogens is 582 g/mol. The minimum absolute atomic E-state index is 0.522. The maximum Gasteiger partial charge on any atom is 0.203 e. The van der Waals surface area contributed by atoms with Gasteiger partial charge in [-0.3, -0.25) is 14.8 Å². The number of nitrogens with zero attached hydrogens (tertiary/aromatic N) is 3. The molecule has 1 aliphatic rings. The highest BCUT2D eigenvalue weighted by atomic mass is 16.5. The summed E-state index contributed by atoms with van der Waals surface area (Å²) in [6.45, 7) is 3.85. The molecule has 1 aromatic heterocycles. The Hall–Kier alpha value is -4.47. The molecule has 3 aromatic carbocycles. The van der Waals surface area contributed by atoms with Gasteiger partial charge in [0.05, 0.1) is 48.4 Å². The van der Waals surface area contributed by atoms with Crippen LogP contribution in [0.5, 0.6) is 34.5 Å². The monoisotopic (exact) mass is 627 g/mol. The van der Waals surface area contributed by atoms with Crippen LogP contribution in [0.2, 0.25) is 0 Å². The summed E-state index contributed by atoms with van der Waals surface area (Å²) in [5.74, 6) is 3.69. The van der Waals surface area contributed by atoms with E-state index >= 15 is 0 Å². The summed E-state index contributed by atoms with van der Waals surface area (Å²) in [6.07, 6.45) is 4.11. The molecule has 5 rings (SSSR count). The van der Waals surface area contributed by atoms with E-state index in [-0.39, 0.29) is 0 Å². The van der Waals surface area contributed by atoms with Gasteiger partial charge in [-0.15, -0.1) is 0 Å². The van der Waals surface area contributed by atoms with E-state index in [9.17, 15) is 0 Å². The third-order valence-electron chi connectivity index (χ3n) is 8.73. The molecule has 1 fully saturated rings. The number of aromatic nitrogens is 1. The lowest BCUT2D eigenvalue weighted by molar-refractivity contribution is 0.119. The molecule has 0 radical (unpaired) electrons. The van der Waals surface area contributed by atoms with Crippen molar-refractivity contribution in [2.45, 2.75) is 32.0 Å². The fourth-order valence-electron chi connectivity index (χ4n) is 6.25. The second-order valence-electron chi connectivity index (χ2n) is 11.5. The molecular formula is C37H45N3O6. The molecule has 0 saturated carbocycles. The zero-order valence-electron chi connectivity index (χ0n) is 28.0. The first-order valence-electron chi connectivity index (χ1n) is 15.5. The van der Waals surface area contributed by atoms with Gasteiger partial charge < -0.3 is 28.4 Å². The van der Waals surface area contributed by atoms with E-state index in [1.54, 1.807) is 42.7 Å². The zero-order chi connectivity index (χ0) is 32.6. The van der Waals surface area contributed by atoms with Crippen molar-refractivity contribution in [3.8, 4) is 56.9 Å². The molecule has 0 spiro atoms. The lowest BCUT2D eigenvalue weighted by atomic mass is 10.00. The summed E-state index contributed by atoms with van der Waals surface area (Å²) < 4.78 is 33.3. The van der Waals surface area contributed by atoms with E-state index in [2.05, 4.69) is 58.2 Å². The average Bonchev–Trinajstić information content (AvgIpc) is 3.10. The van der Waals surface area contributed by atoms with Crippen LogP contribution >= 0.6 is 0 Å². The molecule has 46 heavy (non-hydrogen) atoms. The van der Waals surface area contributed by atoms with Crippen molar-refractivity contribution in [3.05, 3.63) is 78.0 Å². The van der Waals surface area contributed by atoms with E-state index < -0.39 is 0 Å². The SMILES string of the molecule is COc1cc(-c2cccc(CN(C)C3CCN(Cc4ccnc(-c5cc(OC)c(OC)c(OC)c5)c4)CC3)c2)cc(OC)c1OC. The van der Waals surface area contributed by atoms with Crippen molar-refractivity contribution >= 4 is 0 Å². The smallest absolute Gasteiger partial charge is 0.203 e. The van der Waals surface area contributed by atoms with Crippen LogP contribution in [0.1, 0.15) is 24.0 Å². The quantitative estimate of drug-likeness (QED) is 0.164. The highest BCUT2D eigenvalue weighted by Crippen LogP contribution is 2.42. The first-order valence-corrected chi connectivity index (χ1v) is 15.5. The summed E-state index contributed by atoms with van der Waals surface area (Å²) in [5, 5.41) is 0. The summed E-state index contributed by atoms with van der Waals surface area (Å²) >= 11 is 0. The van der Waals surface area contributed by atoms with Gasteiger partial charge >= 0.3 is 0 Å². The van der Waals surface area contributed by atoms with Gasteiger partial charge in [0.25, 0.3) is 0 Å². The molecule has 0 N–H and O–H groups in total. The van der Waals surface area contributed by atoms with Gasteiger partial charge in [0.2, 0.25) is 11.5 Å². The highest BCUT2D eigenvalue weighted by Gasteiger charge is 2.23. The van der Waals surface area contributed by atoms with Crippen molar-refractivity contribution in [2.75, 3.05) is 62.8 Å². The Morgan fingerprint density at radius 2 is 1.22 bits per heavy atom. The topological polar surface area (TPSA) is 74.8 Å². The van der Waals surface area contributed by atoms with Crippen LogP contribution in [0.3, 0.4) is 0 Å². The first kappa shape index (κ1) is 32.9. The molecule has 0 amide bonds. The fourth-order valence-corrected chi connectivity index (χ4v) is 6.25. The van der Waals surface area contributed by atoms with Crippen molar-refractivity contribution in [1.82, 2.24) is 14.8 Å². The minimum atomic E-state index is 0.522. The van der Waals surface area contributed by atoms with Crippen LogP contribution in [0, 0.1) is 0 Å². The van der Waals surface area contributed by atoms with Gasteiger partial charge in [-0.05, 0) is 97.7 Å². The maximum absolute atomic E-state index is 5.58. The number of benzene rings is 3. The first-order chi connectivity index (χ1) is 22.4. The molecule has 4 aromatic rings. The minimum Gasteiger partial charge on any atom is -0.493 e. The van der Waals surface area contributed by atoms with E-state index in [0.29, 0.717) is 40.5 Å². The lowest BCUT2D eigenvalue weighted by Crippen LogP contribution is -2.42. The number of ether oxygens (including phenoxy) is 6. The second kappa shape index (κ2) is 15.2. The van der Waals surface area contributed by atoms with Crippen molar-refractivity contribution in [2.24, 2.45) is 0 Å². The van der Waals surface area contributed by atoms with Crippen molar-refractivity contribution in [3.63, 3.8) is 0 Å². The summed E-state index contributed by atoms with van der Waals surface area (Å²) in [7, 11) is 12.0. The predicted molar refractivity (Wildman–Crippen MR) is 181 cm³/mol. The van der Waals surface area contributed by atoms with Crippen LogP contribution in [0.25, 0.3) is 22.4 Å². The Balaban J connectivity index is 1.20. The summed E-state index contributed by atoms with van der Waals surface area (Å²) in [6, 6.07) is 21.3. The second-order valence-corrected chi connectivity index (χ2v) is 11.5. The Labute approximate surface area is 272 Å². The number of hydrogen-bond acceptors (Lipinski definition) is 9. The van der Waals surface area contributed by atoms with Gasteiger partial charge in [0.1, 0.15) is 0 Å². The van der Waals surface area contributed by atoms with Gasteiger partial charge in [-0.2, -0.15) is 0 Å². The summed E-state index contributed by atoms with van der Waals surface area (Å²) in [5.41, 5.74) is 6.44. The Kier molecular flexibility index (Phi) is 10.9. The number of pyridine rings is 1. The van der Waals surface area contributed by atoms with Gasteiger partial charge in [0, 0.05) is 30.9 Å². The fraction of sp³-hybridized carbons (Fsp3) is 0.378. The van der Waals surface area contributed by atoms with E-state index in [4.69, 9.17) is 28.4 Å². The summed E-state index contributed by atoms with van der Waals surface area (Å²) in [4.78, 5) is 9.66. The maximum atomic E-state index is 5.58. The van der Waals surface area contributed by atoms with Crippen LogP contribution in [-0.4, -0.2) is 83.6 Å². The van der Waals surface area contributed by atoms with E-state index in [1.165, 1.54) is 11.1 Å². The normalized spacial score (nSPS) is 13.8. The molecule has 1 saturated heterocycles. The largest absolute Gasteiger partial charge is 0.493 e. The standard InChI is InChI=1S/C37H45N3O6/c1-39(23-25-9-8-10-27(17-25)28-19-32(41-2)36(45-6)33(20-28)42-3)30-12-15-40(16-13-30)24-26-11-14-38-31(18-26)29-21-34(43-4)37(46-7)35(22-29)44-5/h8-11,14,17-22,30H,12-13,15-16,23-24H2,1-7H3. The van der Waals surface area contributed by atoms with Gasteiger partial charge in [0.15, 0.2) is 23.0 Å². The Morgan fingerprint density at radius 1 is 0.652 bits per heavy atom. The lowest BCUT2D eigenvalue weighted by Gasteiger charge is -2.37. The molecule has 0 aliphatic carbocycles. The third-order valence-corrected chi connectivity index (χ3v) is 8.73. The van der Waals surface area contributed by atoms with Gasteiger partial charge in [-0.25, -0.2) is 0 Å². The molecule has 0 atom stereocenters. The Morgan fingerprint density at radius 3 is 1.76 bits per heavy atom. The molecule has 0 bridgehead atoms. The molecule has 9 heteroatoms. The van der Waals surface area contributed by atoms with Crippen molar-refractivity contribution in [1.29, 1.82) is 0 Å². The van der Waals surface area contributed by atoms with Crippen LogP contribution in [0.4, 0.5) is 0 Å². The van der Waals surface area contributed by atoms with Crippen LogP contribution in [0.15, 0.2) is 66.9 Å². The average molecular weight is 628 g/mol. The number of hydrogen-bond donors (Lipinski definition) is 0. The number of piperidine rings is 1. The van der Waals surface area contributed by atoms with Crippen LogP contribution < -0.4 is 28.4 Å². The van der Waals surface area contributed by atoms with E-state index in [0.717, 1.165) is 61.4 Å². The molecule has 0 unspecified atom stereocenters. The molecule has 244 valence electrons. The number of methoxy groups -OCH3 is 6. The third kappa shape index (κ3) is 7.32. The van der Waals surface area contributed by atoms with Crippen LogP contribution in [-0.2, 0) is 13.1 Å². The highest BCUT2D eigenvalue weighted by molar-refractivity contribution is 5.72.